The molecule has 0 bridgehead atoms. The number of amides is 3. The van der Waals surface area contributed by atoms with Gasteiger partial charge >= 0.3 is 0 Å². The molecular formula is C27H23BrN4O3S3. The van der Waals surface area contributed by atoms with Crippen LogP contribution < -0.4 is 0 Å². The van der Waals surface area contributed by atoms with E-state index >= 15 is 0 Å². The van der Waals surface area contributed by atoms with Crippen molar-refractivity contribution in [3.05, 3.63) is 80.0 Å². The lowest BCUT2D eigenvalue weighted by molar-refractivity contribution is -0.133. The molecule has 2 fully saturated rings. The van der Waals surface area contributed by atoms with Crippen LogP contribution in [0.15, 0.2) is 73.9 Å². The predicted octanol–water partition coefficient (Wildman–Crippen LogP) is 4.86. The van der Waals surface area contributed by atoms with Crippen LogP contribution in [0.1, 0.15) is 17.5 Å². The van der Waals surface area contributed by atoms with E-state index in [4.69, 9.17) is 12.2 Å². The predicted molar refractivity (Wildman–Crippen MR) is 161 cm³/mol. The number of carbonyl (C=O) groups is 3. The maximum absolute atomic E-state index is 12.9. The number of hydrogen-bond donors (Lipinski definition) is 0. The van der Waals surface area contributed by atoms with Crippen molar-refractivity contribution in [2.24, 2.45) is 4.99 Å². The lowest BCUT2D eigenvalue weighted by atomic mass is 10.2. The molecule has 0 atom stereocenters. The van der Waals surface area contributed by atoms with E-state index in [1.807, 2.05) is 71.6 Å². The summed E-state index contributed by atoms with van der Waals surface area (Å²) in [4.78, 5) is 49.0. The average Bonchev–Trinajstić information content (AvgIpc) is 3.41. The van der Waals surface area contributed by atoms with Gasteiger partial charge in [0.2, 0.25) is 5.91 Å². The Bertz CT molecular complexity index is 1380. The van der Waals surface area contributed by atoms with Gasteiger partial charge < -0.3 is 9.80 Å². The molecule has 5 rings (SSSR count). The Kier molecular flexibility index (Phi) is 8.47. The number of benzene rings is 2. The van der Waals surface area contributed by atoms with E-state index in [-0.39, 0.29) is 30.7 Å². The van der Waals surface area contributed by atoms with Gasteiger partial charge in [-0.15, -0.1) is 0 Å². The molecule has 2 aromatic carbocycles. The quantitative estimate of drug-likeness (QED) is 0.347. The molecule has 194 valence electrons. The second kappa shape index (κ2) is 12.0. The third-order valence-electron chi connectivity index (χ3n) is 6.18. The maximum Gasteiger partial charge on any atom is 0.286 e. The van der Waals surface area contributed by atoms with Gasteiger partial charge in [-0.05, 0) is 47.2 Å². The van der Waals surface area contributed by atoms with Crippen molar-refractivity contribution in [1.82, 2.24) is 14.7 Å². The van der Waals surface area contributed by atoms with Crippen LogP contribution in [0.5, 0.6) is 0 Å². The Morgan fingerprint density at radius 1 is 0.947 bits per heavy atom. The molecule has 0 N–H and O–H groups in total. The highest BCUT2D eigenvalue weighted by Gasteiger charge is 2.33. The summed E-state index contributed by atoms with van der Waals surface area (Å²) in [5, 5.41) is 0.680. The SMILES string of the molecule is O=C1N=C(N2CCN(C(=O)CCN3C(=O)/C(=C\c4cccc(Br)c4)SC3=S)CC2)S/C1=C\c1ccccc1. The monoisotopic (exact) mass is 626 g/mol. The number of carbonyl (C=O) groups excluding carboxylic acids is 3. The van der Waals surface area contributed by atoms with Crippen LogP contribution in [-0.4, -0.2) is 74.6 Å². The van der Waals surface area contributed by atoms with Crippen LogP contribution in [0.3, 0.4) is 0 Å². The summed E-state index contributed by atoms with van der Waals surface area (Å²) in [5.41, 5.74) is 1.86. The Labute approximate surface area is 243 Å². The van der Waals surface area contributed by atoms with E-state index < -0.39 is 0 Å². The Morgan fingerprint density at radius 3 is 2.39 bits per heavy atom. The first-order valence-electron chi connectivity index (χ1n) is 12.0. The molecule has 7 nitrogen and oxygen atoms in total. The summed E-state index contributed by atoms with van der Waals surface area (Å²) in [6, 6.07) is 17.4. The molecule has 3 aliphatic rings. The van der Waals surface area contributed by atoms with Crippen molar-refractivity contribution in [1.29, 1.82) is 0 Å². The topological polar surface area (TPSA) is 73.3 Å². The lowest BCUT2D eigenvalue weighted by Crippen LogP contribution is -2.50. The Hall–Kier alpha value is -2.73. The Balaban J connectivity index is 1.11. The molecule has 2 aromatic rings. The zero-order valence-corrected chi connectivity index (χ0v) is 24.2. The third kappa shape index (κ3) is 6.28. The second-order valence-corrected chi connectivity index (χ2v) is 12.3. The molecule has 0 radical (unpaired) electrons. The highest BCUT2D eigenvalue weighted by atomic mass is 79.9. The zero-order valence-electron chi connectivity index (χ0n) is 20.2. The highest BCUT2D eigenvalue weighted by Crippen LogP contribution is 2.33. The summed E-state index contributed by atoms with van der Waals surface area (Å²) >= 11 is 11.5. The molecule has 0 aliphatic carbocycles. The van der Waals surface area contributed by atoms with Crippen LogP contribution in [0, 0.1) is 0 Å². The molecule has 38 heavy (non-hydrogen) atoms. The van der Waals surface area contributed by atoms with Gasteiger partial charge in [0.15, 0.2) is 5.17 Å². The molecule has 0 unspecified atom stereocenters. The number of aliphatic imine (C=N–C) groups is 1. The first kappa shape index (κ1) is 26.9. The van der Waals surface area contributed by atoms with Gasteiger partial charge in [0.1, 0.15) is 4.32 Å². The number of thiocarbonyl (C=S) groups is 1. The van der Waals surface area contributed by atoms with Crippen molar-refractivity contribution in [2.45, 2.75) is 6.42 Å². The van der Waals surface area contributed by atoms with Crippen molar-refractivity contribution < 1.29 is 14.4 Å². The fraction of sp³-hybridized carbons (Fsp3) is 0.222. The van der Waals surface area contributed by atoms with Gasteiger partial charge in [0.25, 0.3) is 11.8 Å². The van der Waals surface area contributed by atoms with Gasteiger partial charge in [0, 0.05) is 43.6 Å². The number of rotatable bonds is 5. The summed E-state index contributed by atoms with van der Waals surface area (Å²) in [6.45, 7) is 2.51. The fourth-order valence-corrected chi connectivity index (χ4v) is 6.88. The minimum absolute atomic E-state index is 0.0172. The van der Waals surface area contributed by atoms with Crippen LogP contribution in [-0.2, 0) is 14.4 Å². The largest absolute Gasteiger partial charge is 0.347 e. The molecule has 0 spiro atoms. The molecular weight excluding hydrogens is 604 g/mol. The first-order valence-corrected chi connectivity index (χ1v) is 14.8. The van der Waals surface area contributed by atoms with E-state index in [0.717, 1.165) is 15.6 Å². The van der Waals surface area contributed by atoms with Crippen molar-refractivity contribution >= 4 is 91.0 Å². The zero-order chi connectivity index (χ0) is 26.6. The lowest BCUT2D eigenvalue weighted by Gasteiger charge is -2.35. The summed E-state index contributed by atoms with van der Waals surface area (Å²) in [6.07, 6.45) is 3.87. The molecule has 3 aliphatic heterocycles. The van der Waals surface area contributed by atoms with Crippen molar-refractivity contribution in [3.8, 4) is 0 Å². The third-order valence-corrected chi connectivity index (χ3v) is 9.09. The molecule has 11 heteroatoms. The fourth-order valence-electron chi connectivity index (χ4n) is 4.19. The number of hydrogen-bond acceptors (Lipinski definition) is 7. The normalized spacial score (nSPS) is 20.2. The average molecular weight is 628 g/mol. The van der Waals surface area contributed by atoms with Gasteiger partial charge in [-0.25, -0.2) is 0 Å². The van der Waals surface area contributed by atoms with Gasteiger partial charge in [-0.3, -0.25) is 19.3 Å². The number of halogens is 1. The second-order valence-electron chi connectivity index (χ2n) is 8.73. The Morgan fingerprint density at radius 2 is 1.66 bits per heavy atom. The van der Waals surface area contributed by atoms with Crippen LogP contribution >= 0.6 is 51.7 Å². The van der Waals surface area contributed by atoms with E-state index in [2.05, 4.69) is 20.9 Å². The van der Waals surface area contributed by atoms with Gasteiger partial charge in [-0.2, -0.15) is 4.99 Å². The molecule has 0 saturated carbocycles. The van der Waals surface area contributed by atoms with Gasteiger partial charge in [0.05, 0.1) is 9.81 Å². The van der Waals surface area contributed by atoms with Crippen LogP contribution in [0.4, 0.5) is 0 Å². The van der Waals surface area contributed by atoms with Gasteiger partial charge in [-0.1, -0.05) is 82.4 Å². The first-order chi connectivity index (χ1) is 18.4. The van der Waals surface area contributed by atoms with Crippen LogP contribution in [0.25, 0.3) is 12.2 Å². The smallest absolute Gasteiger partial charge is 0.286 e. The number of piperazine rings is 1. The summed E-state index contributed by atoms with van der Waals surface area (Å²) in [7, 11) is 0. The number of nitrogens with zero attached hydrogens (tertiary/aromatic N) is 4. The summed E-state index contributed by atoms with van der Waals surface area (Å²) < 4.78 is 1.40. The van der Waals surface area contributed by atoms with Crippen molar-refractivity contribution in [3.63, 3.8) is 0 Å². The number of thioether (sulfide) groups is 2. The molecule has 0 aromatic heterocycles. The summed E-state index contributed by atoms with van der Waals surface area (Å²) in [5.74, 6) is -0.417. The molecule has 3 amide bonds. The highest BCUT2D eigenvalue weighted by molar-refractivity contribution is 9.10. The molecule has 2 saturated heterocycles. The maximum atomic E-state index is 12.9. The standard InChI is InChI=1S/C27H23BrN4O3S3/c28-20-8-4-7-19(15-20)17-22-25(35)32(27(36)38-22)10-9-23(33)30-11-13-31(14-12-30)26-29-24(34)21(37-26)16-18-5-2-1-3-6-18/h1-8,15-17H,9-14H2/b21-16-,22-17+. The van der Waals surface area contributed by atoms with E-state index in [0.29, 0.717) is 45.5 Å². The van der Waals surface area contributed by atoms with E-state index in [1.165, 1.54) is 28.4 Å². The minimum atomic E-state index is -0.232. The van der Waals surface area contributed by atoms with Crippen molar-refractivity contribution in [2.75, 3.05) is 32.7 Å². The minimum Gasteiger partial charge on any atom is -0.347 e. The molecule has 3 heterocycles. The van der Waals surface area contributed by atoms with E-state index in [9.17, 15) is 14.4 Å². The van der Waals surface area contributed by atoms with E-state index in [1.54, 1.807) is 4.90 Å². The number of amidine groups is 1. The van der Waals surface area contributed by atoms with Crippen LogP contribution in [0.2, 0.25) is 0 Å².